The average molecular weight is 477 g/mol. The second-order valence-electron chi connectivity index (χ2n) is 5.86. The zero-order chi connectivity index (χ0) is 20.4. The molecule has 0 amide bonds. The molecule has 4 aromatic carbocycles. The van der Waals surface area contributed by atoms with E-state index in [-0.39, 0.29) is 90.7 Å². The van der Waals surface area contributed by atoms with Crippen LogP contribution in [-0.4, -0.2) is 25.9 Å². The van der Waals surface area contributed by atoms with Crippen LogP contribution in [0.4, 0.5) is 0 Å². The van der Waals surface area contributed by atoms with Crippen molar-refractivity contribution in [2.75, 3.05) is 0 Å². The first kappa shape index (κ1) is 27.9. The van der Waals surface area contributed by atoms with E-state index in [0.29, 0.717) is 10.8 Å². The molecule has 0 heterocycles. The molecule has 0 aliphatic rings. The monoisotopic (exact) mass is 476 g/mol. The Morgan fingerprint density at radius 2 is 0.800 bits per heavy atom. The van der Waals surface area contributed by atoms with E-state index in [1.165, 1.54) is 12.1 Å². The maximum absolute atomic E-state index is 10.9. The molecule has 0 N–H and O–H groups in total. The van der Waals surface area contributed by atoms with Gasteiger partial charge in [-0.25, -0.2) is 16.8 Å². The second-order valence-corrected chi connectivity index (χ2v) is 8.56. The van der Waals surface area contributed by atoms with Crippen molar-refractivity contribution in [1.82, 2.24) is 0 Å². The van der Waals surface area contributed by atoms with Crippen molar-refractivity contribution in [2.24, 2.45) is 0 Å². The van der Waals surface area contributed by atoms with Crippen molar-refractivity contribution in [3.05, 3.63) is 84.9 Å². The van der Waals surface area contributed by atoms with Crippen LogP contribution in [0.15, 0.2) is 94.7 Å². The molecule has 0 aliphatic heterocycles. The molecule has 0 saturated heterocycles. The van der Waals surface area contributed by atoms with Gasteiger partial charge in [-0.1, -0.05) is 72.8 Å². The topological polar surface area (TPSA) is 114 Å². The molecule has 10 heteroatoms. The summed E-state index contributed by atoms with van der Waals surface area (Å²) in [6, 6.07) is 23.1. The van der Waals surface area contributed by atoms with Gasteiger partial charge in [-0.05, 0) is 33.7 Å². The Kier molecular flexibility index (Phi) is 10.8. The summed E-state index contributed by atoms with van der Waals surface area (Å²) in [5.41, 5.74) is 0. The Hall–Kier alpha value is -0.144. The average Bonchev–Trinajstić information content (AvgIpc) is 2.66. The Bertz CT molecular complexity index is 1250. The molecule has 0 aliphatic carbocycles. The summed E-state index contributed by atoms with van der Waals surface area (Å²) < 4.78 is 65.3. The standard InChI is InChI=1S/2C10H8O3S.K.Na/c2*11-14(12,13)10-7-3-5-8-4-1-2-6-9(8)10;;/h2*1-7H,(H,11,12,13);;/q;;2*+1/p-2. The minimum Gasteiger partial charge on any atom is -0.744 e. The minimum absolute atomic E-state index is 0. The van der Waals surface area contributed by atoms with Gasteiger partial charge < -0.3 is 9.11 Å². The molecule has 4 aromatic rings. The van der Waals surface area contributed by atoms with Crippen LogP contribution in [0.5, 0.6) is 0 Å². The molecule has 6 nitrogen and oxygen atoms in total. The fourth-order valence-corrected chi connectivity index (χ4v) is 4.23. The molecular formula is C20H14KNaO6S2. The first-order valence-corrected chi connectivity index (χ1v) is 10.9. The van der Waals surface area contributed by atoms with E-state index in [2.05, 4.69) is 0 Å². The third-order valence-electron chi connectivity index (χ3n) is 4.04. The van der Waals surface area contributed by atoms with E-state index in [1.807, 2.05) is 0 Å². The number of fused-ring (bicyclic) bond motifs is 2. The van der Waals surface area contributed by atoms with E-state index in [1.54, 1.807) is 72.8 Å². The molecule has 0 bridgehead atoms. The van der Waals surface area contributed by atoms with E-state index >= 15 is 0 Å². The molecule has 0 aromatic heterocycles. The summed E-state index contributed by atoms with van der Waals surface area (Å²) in [6.45, 7) is 0. The number of rotatable bonds is 2. The maximum Gasteiger partial charge on any atom is 1.00 e. The van der Waals surface area contributed by atoms with Gasteiger partial charge in [-0.3, -0.25) is 0 Å². The summed E-state index contributed by atoms with van der Waals surface area (Å²) in [7, 11) is -8.76. The molecular weight excluding hydrogens is 462 g/mol. The van der Waals surface area contributed by atoms with Gasteiger partial charge >= 0.3 is 80.9 Å². The van der Waals surface area contributed by atoms with Crippen LogP contribution >= 0.6 is 0 Å². The van der Waals surface area contributed by atoms with Crippen LogP contribution in [0.25, 0.3) is 21.5 Å². The van der Waals surface area contributed by atoms with Gasteiger partial charge in [-0.2, -0.15) is 0 Å². The van der Waals surface area contributed by atoms with Crippen LogP contribution in [0.1, 0.15) is 0 Å². The van der Waals surface area contributed by atoms with Crippen molar-refractivity contribution in [2.45, 2.75) is 9.79 Å². The summed E-state index contributed by atoms with van der Waals surface area (Å²) in [5, 5.41) is 2.46. The zero-order valence-corrected chi connectivity index (χ0v) is 23.1. The van der Waals surface area contributed by atoms with Gasteiger partial charge in [0.2, 0.25) is 0 Å². The summed E-state index contributed by atoms with van der Waals surface area (Å²) in [4.78, 5) is -0.314. The third kappa shape index (κ3) is 6.93. The smallest absolute Gasteiger partial charge is 0.744 e. The molecule has 144 valence electrons. The molecule has 0 spiro atoms. The maximum atomic E-state index is 10.9. The number of benzene rings is 4. The predicted octanol–water partition coefficient (Wildman–Crippen LogP) is -2.50. The molecule has 0 atom stereocenters. The fraction of sp³-hybridized carbons (Fsp3) is 0. The molecule has 30 heavy (non-hydrogen) atoms. The summed E-state index contributed by atoms with van der Waals surface area (Å²) in [5.74, 6) is 0. The first-order valence-electron chi connectivity index (χ1n) is 8.05. The van der Waals surface area contributed by atoms with Gasteiger partial charge in [0.05, 0.1) is 9.79 Å². The van der Waals surface area contributed by atoms with E-state index in [9.17, 15) is 25.9 Å². The van der Waals surface area contributed by atoms with Gasteiger partial charge in [0, 0.05) is 0 Å². The van der Waals surface area contributed by atoms with Gasteiger partial charge in [0.1, 0.15) is 20.2 Å². The van der Waals surface area contributed by atoms with Crippen molar-refractivity contribution < 1.29 is 107 Å². The number of hydrogen-bond donors (Lipinski definition) is 0. The van der Waals surface area contributed by atoms with Crippen LogP contribution in [0.3, 0.4) is 0 Å². The molecule has 0 radical (unpaired) electrons. The van der Waals surface area contributed by atoms with Crippen molar-refractivity contribution in [1.29, 1.82) is 0 Å². The second kappa shape index (κ2) is 11.6. The Morgan fingerprint density at radius 1 is 0.500 bits per heavy atom. The van der Waals surface area contributed by atoms with E-state index < -0.39 is 20.2 Å². The minimum atomic E-state index is -4.38. The molecule has 0 fully saturated rings. The van der Waals surface area contributed by atoms with Crippen LogP contribution in [-0.2, 0) is 20.2 Å². The van der Waals surface area contributed by atoms with E-state index in [0.717, 1.165) is 10.8 Å². The van der Waals surface area contributed by atoms with Crippen molar-refractivity contribution in [3.8, 4) is 0 Å². The Labute approximate surface area is 239 Å². The van der Waals surface area contributed by atoms with Crippen molar-refractivity contribution in [3.63, 3.8) is 0 Å². The molecule has 0 saturated carbocycles. The van der Waals surface area contributed by atoms with Gasteiger partial charge in [0.15, 0.2) is 0 Å². The van der Waals surface area contributed by atoms with Crippen molar-refractivity contribution >= 4 is 41.8 Å². The Morgan fingerprint density at radius 3 is 1.13 bits per heavy atom. The Balaban J connectivity index is 0.000000281. The zero-order valence-electron chi connectivity index (χ0n) is 16.3. The van der Waals surface area contributed by atoms with E-state index in [4.69, 9.17) is 0 Å². The van der Waals surface area contributed by atoms with Crippen LogP contribution in [0.2, 0.25) is 0 Å². The normalized spacial score (nSPS) is 11.0. The summed E-state index contributed by atoms with van der Waals surface area (Å²) in [6.07, 6.45) is 0. The quantitative estimate of drug-likeness (QED) is 0.233. The van der Waals surface area contributed by atoms with Crippen LogP contribution in [0, 0.1) is 0 Å². The first-order chi connectivity index (χ1) is 13.2. The van der Waals surface area contributed by atoms with Gasteiger partial charge in [0.25, 0.3) is 0 Å². The third-order valence-corrected chi connectivity index (χ3v) is 5.83. The predicted molar refractivity (Wildman–Crippen MR) is 104 cm³/mol. The number of hydrogen-bond acceptors (Lipinski definition) is 6. The largest absolute Gasteiger partial charge is 1.00 e. The molecule has 0 unspecified atom stereocenters. The fourth-order valence-electron chi connectivity index (χ4n) is 2.83. The summed E-state index contributed by atoms with van der Waals surface area (Å²) >= 11 is 0. The van der Waals surface area contributed by atoms with Gasteiger partial charge in [-0.15, -0.1) is 0 Å². The molecule has 4 rings (SSSR count). The SMILES string of the molecule is O=S(=O)([O-])c1cccc2ccccc12.O=S(=O)([O-])c1cccc2ccccc12.[K+].[Na+]. The van der Waals surface area contributed by atoms with Crippen LogP contribution < -0.4 is 80.9 Å².